The summed E-state index contributed by atoms with van der Waals surface area (Å²) in [5.41, 5.74) is 1.34. The van der Waals surface area contributed by atoms with Crippen molar-refractivity contribution in [1.82, 2.24) is 20.4 Å². The number of ketones is 1. The number of likely N-dealkylation sites (N-methyl/N-ethyl adjacent to an activating group) is 2. The van der Waals surface area contributed by atoms with Crippen LogP contribution in [0.5, 0.6) is 11.5 Å². The molecule has 2 N–H and O–H groups in total. The predicted octanol–water partition coefficient (Wildman–Crippen LogP) is 3.83. The minimum Gasteiger partial charge on any atom is -0.477 e. The van der Waals surface area contributed by atoms with Gasteiger partial charge in [-0.3, -0.25) is 19.9 Å². The van der Waals surface area contributed by atoms with Gasteiger partial charge in [-0.1, -0.05) is 13.0 Å². The molecule has 4 aliphatic rings. The number of ether oxygens (including phenoxy) is 3. The quantitative estimate of drug-likeness (QED) is 0.236. The first kappa shape index (κ1) is 33.7. The lowest BCUT2D eigenvalue weighted by atomic mass is 9.52. The number of nitrogens with one attached hydrogen (secondary N) is 2. The number of hydrogen-bond acceptors (Lipinski definition) is 9. The molecule has 46 heavy (non-hydrogen) atoms. The largest absolute Gasteiger partial charge is 0.477 e. The topological polar surface area (TPSA) is 139 Å². The number of amides is 3. The fourth-order valence-electron chi connectivity index (χ4n) is 7.64. The number of Topliss-reactive ketones (excluding diaryl/α,β-unsaturated/α-hetero) is 1. The van der Waals surface area contributed by atoms with Crippen molar-refractivity contribution >= 4 is 29.7 Å². The molecule has 2 bridgehead atoms. The first-order chi connectivity index (χ1) is 21.7. The van der Waals surface area contributed by atoms with Crippen LogP contribution < -0.4 is 20.1 Å². The average Bonchev–Trinajstić information content (AvgIpc) is 3.33. The van der Waals surface area contributed by atoms with Crippen LogP contribution in [-0.2, 0) is 26.2 Å². The molecule has 2 fully saturated rings. The van der Waals surface area contributed by atoms with E-state index in [-0.39, 0.29) is 36.1 Å². The second-order valence-corrected chi connectivity index (χ2v) is 14.3. The van der Waals surface area contributed by atoms with Gasteiger partial charge in [0.1, 0.15) is 11.4 Å². The Morgan fingerprint density at radius 3 is 2.76 bits per heavy atom. The van der Waals surface area contributed by atoms with Gasteiger partial charge in [-0.15, -0.1) is 0 Å². The lowest BCUT2D eigenvalue weighted by Gasteiger charge is -2.57. The van der Waals surface area contributed by atoms with Gasteiger partial charge in [0.25, 0.3) is 0 Å². The highest BCUT2D eigenvalue weighted by atomic mass is 16.6. The van der Waals surface area contributed by atoms with Gasteiger partial charge >= 0.3 is 12.2 Å². The molecule has 2 heterocycles. The summed E-state index contributed by atoms with van der Waals surface area (Å²) in [5.74, 6) is 1.50. The van der Waals surface area contributed by atoms with E-state index in [1.807, 2.05) is 13.0 Å². The van der Waals surface area contributed by atoms with Gasteiger partial charge in [-0.25, -0.2) is 9.59 Å². The summed E-state index contributed by atoms with van der Waals surface area (Å²) in [6, 6.07) is 4.20. The molecule has 0 radical (unpaired) electrons. The molecule has 5 rings (SSSR count). The number of carbonyl (C=O) groups is 4. The van der Waals surface area contributed by atoms with Crippen molar-refractivity contribution < 1.29 is 33.4 Å². The Morgan fingerprint density at radius 2 is 2.02 bits per heavy atom. The fraction of sp³-hybridized carbons (Fsp3) is 0.676. The van der Waals surface area contributed by atoms with Crippen LogP contribution in [0.3, 0.4) is 0 Å². The van der Waals surface area contributed by atoms with Crippen LogP contribution in [0, 0.1) is 11.8 Å². The number of carbonyl (C=O) groups excluding carboxylic acids is 4. The minimum absolute atomic E-state index is 0.108. The number of likely N-dealkylation sites (tertiary alicyclic amines) is 1. The molecule has 1 spiro atoms. The predicted molar refractivity (Wildman–Crippen MR) is 172 cm³/mol. The van der Waals surface area contributed by atoms with Crippen LogP contribution in [0.25, 0.3) is 0 Å². The van der Waals surface area contributed by atoms with Gasteiger partial charge in [0.15, 0.2) is 23.4 Å². The van der Waals surface area contributed by atoms with E-state index in [4.69, 9.17) is 14.2 Å². The molecular formula is C34H49N5O7. The average molecular weight is 640 g/mol. The van der Waals surface area contributed by atoms with Crippen LogP contribution in [0.1, 0.15) is 77.8 Å². The number of aliphatic imine (C=N–C) groups is 1. The van der Waals surface area contributed by atoms with E-state index in [1.165, 1.54) is 10.5 Å². The van der Waals surface area contributed by atoms with Crippen LogP contribution in [0.4, 0.5) is 9.59 Å². The van der Waals surface area contributed by atoms with Crippen molar-refractivity contribution in [2.24, 2.45) is 16.8 Å². The van der Waals surface area contributed by atoms with Gasteiger partial charge in [-0.2, -0.15) is 0 Å². The van der Waals surface area contributed by atoms with E-state index in [0.717, 1.165) is 31.4 Å². The van der Waals surface area contributed by atoms with Gasteiger partial charge in [0, 0.05) is 56.0 Å². The van der Waals surface area contributed by atoms with Crippen molar-refractivity contribution in [2.75, 3.05) is 40.3 Å². The Kier molecular flexibility index (Phi) is 9.68. The van der Waals surface area contributed by atoms with Crippen molar-refractivity contribution in [3.05, 3.63) is 23.3 Å². The Labute approximate surface area is 271 Å². The molecule has 1 saturated heterocycles. The van der Waals surface area contributed by atoms with Crippen molar-refractivity contribution in [2.45, 2.75) is 96.3 Å². The zero-order valence-corrected chi connectivity index (χ0v) is 28.2. The van der Waals surface area contributed by atoms with Crippen LogP contribution in [0.15, 0.2) is 17.1 Å². The molecule has 252 valence electrons. The van der Waals surface area contributed by atoms with Crippen LogP contribution in [-0.4, -0.2) is 97.5 Å². The molecule has 0 aromatic heterocycles. The van der Waals surface area contributed by atoms with E-state index in [0.29, 0.717) is 55.1 Å². The summed E-state index contributed by atoms with van der Waals surface area (Å²) in [5, 5.41) is 5.49. The lowest BCUT2D eigenvalue weighted by molar-refractivity contribution is -0.138. The standard InChI is InChI=1S/C34H49N5O7/c1-20(9-8-15-35-21(2)37-31(42)46-33(3,4)5)30(41)36-16-18-39(7)32(43)44-26-13-10-22-19-24-23-11-12-25(40)29-34(23,14-17-38(24)6)27(22)28(26)45-29/h10,13,20,23-24,29H,8-9,11-12,14-19H2,1-7H3,(H,36,41)(H,35,37,42)/t20-,23?,24+,29?,34-/m0/s1. The number of nitrogens with zero attached hydrogens (tertiary/aromatic N) is 3. The zero-order chi connectivity index (χ0) is 33.4. The number of piperidine rings is 1. The summed E-state index contributed by atoms with van der Waals surface area (Å²) in [6.45, 7) is 10.8. The smallest absolute Gasteiger partial charge is 0.415 e. The highest BCUT2D eigenvalue weighted by Gasteiger charge is 2.65. The van der Waals surface area contributed by atoms with Gasteiger partial charge in [-0.05, 0) is 90.9 Å². The van der Waals surface area contributed by atoms with E-state index in [1.54, 1.807) is 40.8 Å². The normalized spacial score (nSPS) is 25.6. The first-order valence-electron chi connectivity index (χ1n) is 16.5. The number of alkyl carbamates (subject to hydrolysis) is 1. The molecule has 2 aliphatic carbocycles. The maximum Gasteiger partial charge on any atom is 0.415 e. The lowest BCUT2D eigenvalue weighted by Crippen LogP contribution is -2.65. The summed E-state index contributed by atoms with van der Waals surface area (Å²) in [7, 11) is 3.80. The second-order valence-electron chi connectivity index (χ2n) is 14.3. The Morgan fingerprint density at radius 1 is 1.26 bits per heavy atom. The summed E-state index contributed by atoms with van der Waals surface area (Å²) in [6.07, 6.45) is 2.82. The molecule has 12 nitrogen and oxygen atoms in total. The van der Waals surface area contributed by atoms with Crippen molar-refractivity contribution in [3.8, 4) is 11.5 Å². The number of hydrogen-bond donors (Lipinski definition) is 2. The number of benzene rings is 1. The Bertz CT molecular complexity index is 1400. The Hall–Kier alpha value is -3.67. The third kappa shape index (κ3) is 6.72. The van der Waals surface area contributed by atoms with E-state index in [2.05, 4.69) is 27.6 Å². The number of rotatable bonds is 9. The molecule has 2 unspecified atom stereocenters. The van der Waals surface area contributed by atoms with E-state index >= 15 is 0 Å². The Balaban J connectivity index is 1.09. The molecule has 12 heteroatoms. The molecular weight excluding hydrogens is 590 g/mol. The molecule has 5 atom stereocenters. The second kappa shape index (κ2) is 13.2. The highest BCUT2D eigenvalue weighted by molar-refractivity contribution is 5.94. The minimum atomic E-state index is -0.586. The van der Waals surface area contributed by atoms with Crippen LogP contribution in [0.2, 0.25) is 0 Å². The number of amidine groups is 1. The molecule has 1 aromatic rings. The fourth-order valence-corrected chi connectivity index (χ4v) is 7.64. The van der Waals surface area contributed by atoms with Gasteiger partial charge in [0.05, 0.1) is 0 Å². The SMILES string of the molecule is CC(=NCCC[C@H](C)C(=O)NCCN(C)C(=O)Oc1ccc2c3c1OC1C(=O)CCC4[C@@H](C2)N(C)CC[C@]314)NC(=O)OC(C)(C)C. The van der Waals surface area contributed by atoms with Gasteiger partial charge < -0.3 is 29.3 Å². The summed E-state index contributed by atoms with van der Waals surface area (Å²) in [4.78, 5) is 58.9. The summed E-state index contributed by atoms with van der Waals surface area (Å²) < 4.78 is 17.5. The zero-order valence-electron chi connectivity index (χ0n) is 28.2. The molecule has 3 amide bonds. The van der Waals surface area contributed by atoms with Crippen LogP contribution >= 0.6 is 0 Å². The maximum atomic E-state index is 13.1. The highest BCUT2D eigenvalue weighted by Crippen LogP contribution is 2.63. The third-order valence-corrected chi connectivity index (χ3v) is 9.90. The third-order valence-electron chi connectivity index (χ3n) is 9.90. The first-order valence-corrected chi connectivity index (χ1v) is 16.5. The molecule has 2 aliphatic heterocycles. The van der Waals surface area contributed by atoms with Gasteiger partial charge in [0.2, 0.25) is 5.91 Å². The summed E-state index contributed by atoms with van der Waals surface area (Å²) >= 11 is 0. The van der Waals surface area contributed by atoms with E-state index in [9.17, 15) is 19.2 Å². The maximum absolute atomic E-state index is 13.1. The van der Waals surface area contributed by atoms with E-state index < -0.39 is 23.9 Å². The van der Waals surface area contributed by atoms with Crippen molar-refractivity contribution in [3.63, 3.8) is 0 Å². The molecule has 1 saturated carbocycles. The monoisotopic (exact) mass is 639 g/mol. The van der Waals surface area contributed by atoms with Crippen molar-refractivity contribution in [1.29, 1.82) is 0 Å². The molecule has 1 aromatic carbocycles.